The fraction of sp³-hybridized carbons (Fsp3) is 0.522. The molecule has 2 saturated heterocycles. The van der Waals surface area contributed by atoms with Crippen molar-refractivity contribution in [2.45, 2.75) is 25.7 Å². The number of ether oxygens (including phenoxy) is 1. The number of pyridine rings is 1. The van der Waals surface area contributed by atoms with Crippen molar-refractivity contribution >= 4 is 5.69 Å². The quantitative estimate of drug-likeness (QED) is 0.835. The molecule has 0 radical (unpaired) electrons. The van der Waals surface area contributed by atoms with Crippen LogP contribution in [0.4, 0.5) is 5.69 Å². The molecule has 2 aliphatic heterocycles. The summed E-state index contributed by atoms with van der Waals surface area (Å²) in [4.78, 5) is 9.93. The van der Waals surface area contributed by atoms with Crippen molar-refractivity contribution in [1.82, 2.24) is 15.2 Å². The summed E-state index contributed by atoms with van der Waals surface area (Å²) in [6, 6.07) is 13.0. The molecule has 5 nitrogen and oxygen atoms in total. The number of hydrogen-bond donors (Lipinski definition) is 1. The number of anilines is 1. The van der Waals surface area contributed by atoms with Gasteiger partial charge in [0.15, 0.2) is 0 Å². The molecule has 2 aliphatic rings. The molecule has 28 heavy (non-hydrogen) atoms. The Morgan fingerprint density at radius 3 is 2.57 bits per heavy atom. The molecule has 0 amide bonds. The summed E-state index contributed by atoms with van der Waals surface area (Å²) in [7, 11) is 1.71. The number of methoxy groups -OCH3 is 1. The van der Waals surface area contributed by atoms with E-state index in [0.29, 0.717) is 5.92 Å². The minimum absolute atomic E-state index is 0.574. The van der Waals surface area contributed by atoms with Crippen LogP contribution < -0.4 is 15.0 Å². The second kappa shape index (κ2) is 8.93. The lowest BCUT2D eigenvalue weighted by molar-refractivity contribution is 0.261. The monoisotopic (exact) mass is 380 g/mol. The molecule has 1 atom stereocenters. The van der Waals surface area contributed by atoms with Gasteiger partial charge in [-0.25, -0.2) is 0 Å². The Morgan fingerprint density at radius 1 is 1.11 bits per heavy atom. The highest BCUT2D eigenvalue weighted by atomic mass is 16.5. The molecule has 5 heteroatoms. The van der Waals surface area contributed by atoms with Crippen molar-refractivity contribution in [3.8, 4) is 5.75 Å². The zero-order valence-corrected chi connectivity index (χ0v) is 17.2. The van der Waals surface area contributed by atoms with E-state index in [2.05, 4.69) is 58.4 Å². The Labute approximate surface area is 168 Å². The molecule has 2 aromatic rings. The first kappa shape index (κ1) is 19.2. The minimum atomic E-state index is 0.574. The highest BCUT2D eigenvalue weighted by Crippen LogP contribution is 2.26. The molecule has 3 heterocycles. The first-order valence-electron chi connectivity index (χ1n) is 10.5. The van der Waals surface area contributed by atoms with Crippen molar-refractivity contribution in [2.75, 3.05) is 57.8 Å². The summed E-state index contributed by atoms with van der Waals surface area (Å²) in [6.07, 6.45) is 2.30. The molecule has 0 saturated carbocycles. The van der Waals surface area contributed by atoms with Gasteiger partial charge < -0.3 is 15.0 Å². The van der Waals surface area contributed by atoms with E-state index in [0.717, 1.165) is 63.7 Å². The number of aromatic nitrogens is 1. The van der Waals surface area contributed by atoms with Crippen molar-refractivity contribution in [1.29, 1.82) is 0 Å². The van der Waals surface area contributed by atoms with Gasteiger partial charge in [0.25, 0.3) is 0 Å². The largest absolute Gasteiger partial charge is 0.497 e. The fourth-order valence-electron chi connectivity index (χ4n) is 4.28. The maximum Gasteiger partial charge on any atom is 0.118 e. The molecule has 1 N–H and O–H groups in total. The average molecular weight is 381 g/mol. The van der Waals surface area contributed by atoms with Crippen molar-refractivity contribution < 1.29 is 4.74 Å². The highest BCUT2D eigenvalue weighted by molar-refractivity contribution is 5.49. The maximum atomic E-state index is 5.24. The van der Waals surface area contributed by atoms with Gasteiger partial charge in [0.05, 0.1) is 7.11 Å². The first-order chi connectivity index (χ1) is 13.7. The van der Waals surface area contributed by atoms with Crippen LogP contribution in [0.1, 0.15) is 29.3 Å². The van der Waals surface area contributed by atoms with Gasteiger partial charge >= 0.3 is 0 Å². The van der Waals surface area contributed by atoms with Crippen molar-refractivity contribution in [2.24, 2.45) is 0 Å². The van der Waals surface area contributed by atoms with Gasteiger partial charge in [0.2, 0.25) is 0 Å². The van der Waals surface area contributed by atoms with E-state index < -0.39 is 0 Å². The smallest absolute Gasteiger partial charge is 0.118 e. The topological polar surface area (TPSA) is 40.6 Å². The molecule has 150 valence electrons. The van der Waals surface area contributed by atoms with E-state index in [1.807, 2.05) is 0 Å². The van der Waals surface area contributed by atoms with Crippen LogP contribution in [0.2, 0.25) is 0 Å². The molecular weight excluding hydrogens is 348 g/mol. The van der Waals surface area contributed by atoms with Crippen molar-refractivity contribution in [3.63, 3.8) is 0 Å². The number of nitrogens with zero attached hydrogens (tertiary/aromatic N) is 3. The Balaban J connectivity index is 1.31. The molecular formula is C23H32N4O. The third-order valence-electron chi connectivity index (χ3n) is 6.05. The van der Waals surface area contributed by atoms with Crippen LogP contribution in [-0.2, 0) is 6.42 Å². The Bertz CT molecular complexity index is 763. The fourth-order valence-corrected chi connectivity index (χ4v) is 4.28. The van der Waals surface area contributed by atoms with E-state index >= 15 is 0 Å². The molecule has 1 unspecified atom stereocenters. The first-order valence-corrected chi connectivity index (χ1v) is 10.5. The number of piperazine rings is 1. The summed E-state index contributed by atoms with van der Waals surface area (Å²) in [5, 5.41) is 3.46. The van der Waals surface area contributed by atoms with E-state index in [-0.39, 0.29) is 0 Å². The molecule has 4 rings (SSSR count). The predicted molar refractivity (Wildman–Crippen MR) is 115 cm³/mol. The number of rotatable bonds is 6. The normalized spacial score (nSPS) is 20.5. The van der Waals surface area contributed by atoms with E-state index in [1.54, 1.807) is 7.11 Å². The summed E-state index contributed by atoms with van der Waals surface area (Å²) < 4.78 is 5.24. The third-order valence-corrected chi connectivity index (χ3v) is 6.05. The zero-order valence-electron chi connectivity index (χ0n) is 17.2. The lowest BCUT2D eigenvalue weighted by Gasteiger charge is -2.36. The zero-order chi connectivity index (χ0) is 19.3. The van der Waals surface area contributed by atoms with Gasteiger partial charge in [-0.2, -0.15) is 0 Å². The van der Waals surface area contributed by atoms with Gasteiger partial charge in [0.1, 0.15) is 5.75 Å². The molecule has 0 aliphatic carbocycles. The maximum absolute atomic E-state index is 5.24. The molecule has 1 aromatic heterocycles. The number of nitrogens with one attached hydrogen (secondary N) is 1. The van der Waals surface area contributed by atoms with Gasteiger partial charge in [-0.15, -0.1) is 0 Å². The molecule has 0 spiro atoms. The van der Waals surface area contributed by atoms with Crippen LogP contribution in [0.5, 0.6) is 5.75 Å². The second-order valence-corrected chi connectivity index (χ2v) is 8.01. The van der Waals surface area contributed by atoms with Gasteiger partial charge in [-0.05, 0) is 56.1 Å². The Hall–Kier alpha value is -2.11. The molecule has 1 aromatic carbocycles. The number of aryl methyl sites for hydroxylation is 1. The highest BCUT2D eigenvalue weighted by Gasteiger charge is 2.21. The minimum Gasteiger partial charge on any atom is -0.497 e. The Morgan fingerprint density at radius 2 is 1.89 bits per heavy atom. The third kappa shape index (κ3) is 4.65. The van der Waals surface area contributed by atoms with Crippen LogP contribution >= 0.6 is 0 Å². The predicted octanol–water partition coefficient (Wildman–Crippen LogP) is 2.84. The molecule has 2 fully saturated rings. The summed E-state index contributed by atoms with van der Waals surface area (Å²) >= 11 is 0. The van der Waals surface area contributed by atoms with Crippen LogP contribution in [-0.4, -0.2) is 62.8 Å². The van der Waals surface area contributed by atoms with Crippen LogP contribution in [0.15, 0.2) is 36.4 Å². The lowest BCUT2D eigenvalue weighted by Crippen LogP contribution is -2.47. The SMILES string of the molecule is COc1ccc(CCN2CCN(c3cc(C)nc(C4CCNC4)c3)CC2)cc1. The second-order valence-electron chi connectivity index (χ2n) is 8.01. The summed E-state index contributed by atoms with van der Waals surface area (Å²) in [6.45, 7) is 9.85. The lowest BCUT2D eigenvalue weighted by atomic mass is 10.0. The molecule has 0 bridgehead atoms. The van der Waals surface area contributed by atoms with Crippen LogP contribution in [0.25, 0.3) is 0 Å². The van der Waals surface area contributed by atoms with Crippen LogP contribution in [0, 0.1) is 6.92 Å². The number of hydrogen-bond acceptors (Lipinski definition) is 5. The summed E-state index contributed by atoms with van der Waals surface area (Å²) in [5.41, 5.74) is 5.13. The summed E-state index contributed by atoms with van der Waals surface area (Å²) in [5.74, 6) is 1.50. The van der Waals surface area contributed by atoms with Gasteiger partial charge in [-0.3, -0.25) is 9.88 Å². The van der Waals surface area contributed by atoms with E-state index in [1.165, 1.54) is 23.4 Å². The van der Waals surface area contributed by atoms with E-state index in [4.69, 9.17) is 9.72 Å². The van der Waals surface area contributed by atoms with Gasteiger partial charge in [0, 0.05) is 62.3 Å². The van der Waals surface area contributed by atoms with Crippen molar-refractivity contribution in [3.05, 3.63) is 53.3 Å². The standard InChI is InChI=1S/C23H32N4O/c1-18-15-21(16-23(25-18)20-7-9-24-17-20)27-13-11-26(12-14-27)10-8-19-3-5-22(28-2)6-4-19/h3-6,15-16,20,24H,7-14,17H2,1-2H3. The van der Waals surface area contributed by atoms with Gasteiger partial charge in [-0.1, -0.05) is 12.1 Å². The Kier molecular flexibility index (Phi) is 6.13. The van der Waals surface area contributed by atoms with E-state index in [9.17, 15) is 0 Å². The van der Waals surface area contributed by atoms with Crippen LogP contribution in [0.3, 0.4) is 0 Å². The number of benzene rings is 1. The average Bonchev–Trinajstić information content (AvgIpc) is 3.28.